The number of amides is 2. The summed E-state index contributed by atoms with van der Waals surface area (Å²) in [6.45, 7) is 4.70. The van der Waals surface area contributed by atoms with E-state index in [4.69, 9.17) is 5.73 Å². The minimum absolute atomic E-state index is 0.0903. The van der Waals surface area contributed by atoms with Gasteiger partial charge in [0.25, 0.3) is 5.91 Å². The highest BCUT2D eigenvalue weighted by atomic mass is 16.2. The summed E-state index contributed by atoms with van der Waals surface area (Å²) in [5, 5.41) is 0. The Hall–Kier alpha value is -2.62. The zero-order valence-electron chi connectivity index (χ0n) is 14.5. The molecular formula is C21H22N2O2. The molecular weight excluding hydrogens is 312 g/mol. The number of carbonyl (C=O) groups is 2. The lowest BCUT2D eigenvalue weighted by atomic mass is 9.95. The number of piperidine rings is 1. The number of nitrogens with two attached hydrogens (primary N) is 1. The summed E-state index contributed by atoms with van der Waals surface area (Å²) < 4.78 is 0. The highest BCUT2D eigenvalue weighted by Gasteiger charge is 2.56. The SMILES string of the molecule is Cc1cccc(-c2cc(C)ccc2C(=O)N2C[C@H]3C[C@H]3[C@H]2C(N)=O)c1. The van der Waals surface area contributed by atoms with Gasteiger partial charge in [0.2, 0.25) is 5.91 Å². The standard InChI is InChI=1S/C21H22N2O2/c1-12-4-3-5-14(8-12)17-9-13(2)6-7-16(17)21(25)23-11-15-10-18(15)19(23)20(22)24/h3-9,15,18-19H,10-11H2,1-2H3,(H2,22,24)/t15-,18-,19+/m1/s1. The largest absolute Gasteiger partial charge is 0.368 e. The highest BCUT2D eigenvalue weighted by Crippen LogP contribution is 2.50. The van der Waals surface area contributed by atoms with Crippen LogP contribution in [0.1, 0.15) is 27.9 Å². The van der Waals surface area contributed by atoms with E-state index in [9.17, 15) is 9.59 Å². The summed E-state index contributed by atoms with van der Waals surface area (Å²) in [5.41, 5.74) is 10.4. The minimum Gasteiger partial charge on any atom is -0.368 e. The Morgan fingerprint density at radius 1 is 1.08 bits per heavy atom. The van der Waals surface area contributed by atoms with Gasteiger partial charge in [-0.15, -0.1) is 0 Å². The van der Waals surface area contributed by atoms with Crippen LogP contribution < -0.4 is 5.73 Å². The summed E-state index contributed by atoms with van der Waals surface area (Å²) in [5.74, 6) is 0.221. The zero-order valence-corrected chi connectivity index (χ0v) is 14.5. The Labute approximate surface area is 147 Å². The molecule has 1 aliphatic heterocycles. The maximum atomic E-state index is 13.2. The smallest absolute Gasteiger partial charge is 0.255 e. The highest BCUT2D eigenvalue weighted by molar-refractivity contribution is 6.03. The second-order valence-corrected chi connectivity index (χ2v) is 7.38. The van der Waals surface area contributed by atoms with E-state index in [1.807, 2.05) is 50.2 Å². The fraction of sp³-hybridized carbons (Fsp3) is 0.333. The number of benzene rings is 2. The molecule has 2 aromatic carbocycles. The summed E-state index contributed by atoms with van der Waals surface area (Å²) in [6, 6.07) is 13.5. The van der Waals surface area contributed by atoms with Gasteiger partial charge >= 0.3 is 0 Å². The molecule has 1 saturated heterocycles. The second-order valence-electron chi connectivity index (χ2n) is 7.38. The molecule has 0 spiro atoms. The van der Waals surface area contributed by atoms with E-state index in [0.29, 0.717) is 18.0 Å². The van der Waals surface area contributed by atoms with Gasteiger partial charge in [-0.05, 0) is 49.3 Å². The lowest BCUT2D eigenvalue weighted by Crippen LogP contribution is -2.46. The molecule has 3 atom stereocenters. The third kappa shape index (κ3) is 2.72. The molecule has 2 amide bonds. The van der Waals surface area contributed by atoms with E-state index < -0.39 is 6.04 Å². The van der Waals surface area contributed by atoms with E-state index in [1.165, 1.54) is 0 Å². The molecule has 2 N–H and O–H groups in total. The molecule has 128 valence electrons. The molecule has 4 nitrogen and oxygen atoms in total. The maximum Gasteiger partial charge on any atom is 0.255 e. The quantitative estimate of drug-likeness (QED) is 0.938. The first-order valence-electron chi connectivity index (χ1n) is 8.73. The van der Waals surface area contributed by atoms with Crippen molar-refractivity contribution >= 4 is 11.8 Å². The van der Waals surface area contributed by atoms with Crippen LogP contribution in [0, 0.1) is 25.7 Å². The summed E-state index contributed by atoms with van der Waals surface area (Å²) in [7, 11) is 0. The molecule has 0 unspecified atom stereocenters. The average molecular weight is 334 g/mol. The van der Waals surface area contributed by atoms with E-state index >= 15 is 0 Å². The van der Waals surface area contributed by atoms with Crippen LogP contribution in [0.4, 0.5) is 0 Å². The van der Waals surface area contributed by atoms with Crippen molar-refractivity contribution in [3.8, 4) is 11.1 Å². The number of aryl methyl sites for hydroxylation is 2. The van der Waals surface area contributed by atoms with E-state index in [0.717, 1.165) is 28.7 Å². The number of carbonyl (C=O) groups excluding carboxylic acids is 2. The number of hydrogen-bond acceptors (Lipinski definition) is 2. The summed E-state index contributed by atoms with van der Waals surface area (Å²) >= 11 is 0. The first-order valence-corrected chi connectivity index (χ1v) is 8.73. The van der Waals surface area contributed by atoms with Gasteiger partial charge in [-0.2, -0.15) is 0 Å². The average Bonchev–Trinajstić information content (AvgIpc) is 3.23. The van der Waals surface area contributed by atoms with Crippen LogP contribution in [0.25, 0.3) is 11.1 Å². The van der Waals surface area contributed by atoms with Crippen LogP contribution in [-0.4, -0.2) is 29.3 Å². The van der Waals surface area contributed by atoms with E-state index in [1.54, 1.807) is 4.90 Å². The molecule has 25 heavy (non-hydrogen) atoms. The number of rotatable bonds is 3. The van der Waals surface area contributed by atoms with Gasteiger partial charge in [-0.1, -0.05) is 47.5 Å². The van der Waals surface area contributed by atoms with Crippen LogP contribution in [0.2, 0.25) is 0 Å². The van der Waals surface area contributed by atoms with Crippen molar-refractivity contribution in [2.24, 2.45) is 17.6 Å². The van der Waals surface area contributed by atoms with Gasteiger partial charge < -0.3 is 10.6 Å². The Balaban J connectivity index is 1.75. The van der Waals surface area contributed by atoms with Gasteiger partial charge in [0.15, 0.2) is 0 Å². The monoisotopic (exact) mass is 334 g/mol. The van der Waals surface area contributed by atoms with Crippen molar-refractivity contribution < 1.29 is 9.59 Å². The van der Waals surface area contributed by atoms with Gasteiger partial charge in [-0.3, -0.25) is 9.59 Å². The number of primary amides is 1. The predicted molar refractivity (Wildman–Crippen MR) is 97.0 cm³/mol. The third-order valence-electron chi connectivity index (χ3n) is 5.44. The second kappa shape index (κ2) is 5.73. The molecule has 0 bridgehead atoms. The molecule has 1 heterocycles. The van der Waals surface area contributed by atoms with Gasteiger partial charge in [0.1, 0.15) is 6.04 Å². The molecule has 2 fully saturated rings. The number of nitrogens with zero attached hydrogens (tertiary/aromatic N) is 1. The molecule has 4 rings (SSSR count). The Bertz CT molecular complexity index is 874. The zero-order chi connectivity index (χ0) is 17.7. The summed E-state index contributed by atoms with van der Waals surface area (Å²) in [4.78, 5) is 26.8. The van der Waals surface area contributed by atoms with Gasteiger partial charge in [-0.25, -0.2) is 0 Å². The molecule has 4 heteroatoms. The molecule has 0 aromatic heterocycles. The van der Waals surface area contributed by atoms with Crippen LogP contribution in [0.15, 0.2) is 42.5 Å². The van der Waals surface area contributed by atoms with Crippen LogP contribution in [0.5, 0.6) is 0 Å². The fourth-order valence-electron chi connectivity index (χ4n) is 4.09. The fourth-order valence-corrected chi connectivity index (χ4v) is 4.09. The van der Waals surface area contributed by atoms with Gasteiger partial charge in [0.05, 0.1) is 0 Å². The Kier molecular flexibility index (Phi) is 3.64. The molecule has 1 saturated carbocycles. The molecule has 2 aromatic rings. The number of likely N-dealkylation sites (tertiary alicyclic amines) is 1. The van der Waals surface area contributed by atoms with Crippen LogP contribution in [0.3, 0.4) is 0 Å². The maximum absolute atomic E-state index is 13.2. The van der Waals surface area contributed by atoms with Crippen molar-refractivity contribution in [3.63, 3.8) is 0 Å². The molecule has 0 radical (unpaired) electrons. The molecule has 2 aliphatic rings. The van der Waals surface area contributed by atoms with Crippen molar-refractivity contribution in [2.75, 3.05) is 6.54 Å². The lowest BCUT2D eigenvalue weighted by molar-refractivity contribution is -0.122. The number of hydrogen-bond donors (Lipinski definition) is 1. The third-order valence-corrected chi connectivity index (χ3v) is 5.44. The Morgan fingerprint density at radius 2 is 1.84 bits per heavy atom. The van der Waals surface area contributed by atoms with Crippen molar-refractivity contribution in [1.82, 2.24) is 4.90 Å². The van der Waals surface area contributed by atoms with E-state index in [2.05, 4.69) is 6.07 Å². The number of fused-ring (bicyclic) bond motifs is 1. The topological polar surface area (TPSA) is 63.4 Å². The van der Waals surface area contributed by atoms with Crippen LogP contribution in [-0.2, 0) is 4.79 Å². The lowest BCUT2D eigenvalue weighted by Gasteiger charge is -2.26. The van der Waals surface area contributed by atoms with Crippen LogP contribution >= 0.6 is 0 Å². The molecule has 1 aliphatic carbocycles. The van der Waals surface area contributed by atoms with Crippen molar-refractivity contribution in [1.29, 1.82) is 0 Å². The predicted octanol–water partition coefficient (Wildman–Crippen LogP) is 2.92. The summed E-state index contributed by atoms with van der Waals surface area (Å²) in [6.07, 6.45) is 1.01. The van der Waals surface area contributed by atoms with Gasteiger partial charge in [0, 0.05) is 12.1 Å². The van der Waals surface area contributed by atoms with Crippen molar-refractivity contribution in [2.45, 2.75) is 26.3 Å². The first kappa shape index (κ1) is 15.9. The Morgan fingerprint density at radius 3 is 2.56 bits per heavy atom. The van der Waals surface area contributed by atoms with Crippen molar-refractivity contribution in [3.05, 3.63) is 59.2 Å². The normalized spacial score (nSPS) is 24.1. The first-order chi connectivity index (χ1) is 12.0. The van der Waals surface area contributed by atoms with E-state index in [-0.39, 0.29) is 17.7 Å². The minimum atomic E-state index is -0.454.